The second-order valence-corrected chi connectivity index (χ2v) is 7.71. The van der Waals surface area contributed by atoms with Crippen molar-refractivity contribution in [1.29, 1.82) is 0 Å². The number of aryl methyl sites for hydroxylation is 2. The number of carbonyl (C=O) groups is 1. The van der Waals surface area contributed by atoms with Crippen LogP contribution in [0.5, 0.6) is 0 Å². The van der Waals surface area contributed by atoms with Crippen molar-refractivity contribution in [1.82, 2.24) is 25.0 Å². The highest BCUT2D eigenvalue weighted by molar-refractivity contribution is 5.92. The van der Waals surface area contributed by atoms with E-state index in [1.807, 2.05) is 29.1 Å². The number of amides is 1. The SMILES string of the molecule is Cc1nc(C)c(C(=O)NCC2CCN(Cc3cnn(-c4ccccc4)c3)CC2)o1. The Morgan fingerprint density at radius 3 is 2.66 bits per heavy atom. The molecule has 7 nitrogen and oxygen atoms in total. The van der Waals surface area contributed by atoms with Crippen LogP contribution in [0.2, 0.25) is 0 Å². The second kappa shape index (κ2) is 8.61. The van der Waals surface area contributed by atoms with E-state index in [0.717, 1.165) is 38.2 Å². The van der Waals surface area contributed by atoms with E-state index in [2.05, 4.69) is 38.6 Å². The van der Waals surface area contributed by atoms with Crippen molar-refractivity contribution >= 4 is 5.91 Å². The molecule has 0 aliphatic carbocycles. The molecule has 1 aliphatic heterocycles. The molecule has 1 amide bonds. The average Bonchev–Trinajstić information content (AvgIpc) is 3.34. The van der Waals surface area contributed by atoms with E-state index >= 15 is 0 Å². The van der Waals surface area contributed by atoms with Gasteiger partial charge >= 0.3 is 0 Å². The van der Waals surface area contributed by atoms with Crippen LogP contribution >= 0.6 is 0 Å². The molecule has 2 aromatic heterocycles. The smallest absolute Gasteiger partial charge is 0.289 e. The topological polar surface area (TPSA) is 76.2 Å². The maximum atomic E-state index is 12.3. The first kappa shape index (κ1) is 19.4. The molecule has 3 aromatic rings. The zero-order valence-electron chi connectivity index (χ0n) is 17.0. The first-order chi connectivity index (χ1) is 14.1. The summed E-state index contributed by atoms with van der Waals surface area (Å²) < 4.78 is 7.32. The molecule has 0 unspecified atom stereocenters. The van der Waals surface area contributed by atoms with Gasteiger partial charge in [0.05, 0.1) is 17.6 Å². The molecular weight excluding hydrogens is 366 g/mol. The van der Waals surface area contributed by atoms with Gasteiger partial charge < -0.3 is 9.73 Å². The van der Waals surface area contributed by atoms with Crippen molar-refractivity contribution in [2.24, 2.45) is 5.92 Å². The third-order valence-corrected chi connectivity index (χ3v) is 5.43. The molecule has 0 radical (unpaired) electrons. The number of nitrogens with one attached hydrogen (secondary N) is 1. The van der Waals surface area contributed by atoms with Gasteiger partial charge in [0.25, 0.3) is 5.91 Å². The number of hydrogen-bond acceptors (Lipinski definition) is 5. The lowest BCUT2D eigenvalue weighted by Gasteiger charge is -2.31. The highest BCUT2D eigenvalue weighted by Crippen LogP contribution is 2.19. The molecule has 1 aromatic carbocycles. The van der Waals surface area contributed by atoms with Crippen LogP contribution in [0.4, 0.5) is 0 Å². The molecule has 1 fully saturated rings. The number of likely N-dealkylation sites (tertiary alicyclic amines) is 1. The van der Waals surface area contributed by atoms with Gasteiger partial charge in [-0.05, 0) is 50.9 Å². The molecule has 3 heterocycles. The van der Waals surface area contributed by atoms with Crippen molar-refractivity contribution in [3.63, 3.8) is 0 Å². The lowest BCUT2D eigenvalue weighted by molar-refractivity contribution is 0.0905. The maximum Gasteiger partial charge on any atom is 0.289 e. The van der Waals surface area contributed by atoms with E-state index in [0.29, 0.717) is 29.8 Å². The number of piperidine rings is 1. The molecule has 0 bridgehead atoms. The number of rotatable bonds is 6. The Balaban J connectivity index is 1.23. The number of hydrogen-bond donors (Lipinski definition) is 1. The minimum Gasteiger partial charge on any atom is -0.436 e. The van der Waals surface area contributed by atoms with Crippen molar-refractivity contribution < 1.29 is 9.21 Å². The van der Waals surface area contributed by atoms with Crippen LogP contribution in [-0.4, -0.2) is 45.2 Å². The highest BCUT2D eigenvalue weighted by Gasteiger charge is 2.22. The van der Waals surface area contributed by atoms with Crippen LogP contribution in [0.15, 0.2) is 47.1 Å². The predicted molar refractivity (Wildman–Crippen MR) is 110 cm³/mol. The molecule has 0 spiro atoms. The van der Waals surface area contributed by atoms with Crippen LogP contribution in [-0.2, 0) is 6.54 Å². The normalized spacial score (nSPS) is 15.5. The van der Waals surface area contributed by atoms with Gasteiger partial charge in [0.15, 0.2) is 5.89 Å². The molecule has 0 saturated carbocycles. The molecule has 1 N–H and O–H groups in total. The van der Waals surface area contributed by atoms with Crippen LogP contribution < -0.4 is 5.32 Å². The van der Waals surface area contributed by atoms with Crippen molar-refractivity contribution in [3.05, 3.63) is 65.6 Å². The summed E-state index contributed by atoms with van der Waals surface area (Å²) in [5.41, 5.74) is 2.94. The van der Waals surface area contributed by atoms with E-state index in [9.17, 15) is 4.79 Å². The summed E-state index contributed by atoms with van der Waals surface area (Å²) in [6.45, 7) is 7.18. The molecule has 7 heteroatoms. The highest BCUT2D eigenvalue weighted by atomic mass is 16.4. The standard InChI is InChI=1S/C22H27N5O2/c1-16-21(29-17(2)25-16)22(28)23-12-18-8-10-26(11-9-18)14-19-13-24-27(15-19)20-6-4-3-5-7-20/h3-7,13,15,18H,8-12,14H2,1-2H3,(H,23,28). The molecule has 1 aliphatic rings. The van der Waals surface area contributed by atoms with Gasteiger partial charge in [0, 0.05) is 31.8 Å². The molecule has 0 atom stereocenters. The summed E-state index contributed by atoms with van der Waals surface area (Å²) in [6.07, 6.45) is 6.19. The van der Waals surface area contributed by atoms with Crippen LogP contribution in [0.3, 0.4) is 0 Å². The van der Waals surface area contributed by atoms with E-state index < -0.39 is 0 Å². The van der Waals surface area contributed by atoms with E-state index in [1.165, 1.54) is 5.56 Å². The summed E-state index contributed by atoms with van der Waals surface area (Å²) in [5, 5.41) is 7.49. The first-order valence-electron chi connectivity index (χ1n) is 10.1. The Morgan fingerprint density at radius 1 is 1.21 bits per heavy atom. The van der Waals surface area contributed by atoms with E-state index in [-0.39, 0.29) is 5.91 Å². The zero-order chi connectivity index (χ0) is 20.2. The molecular formula is C22H27N5O2. The Hall–Kier alpha value is -2.93. The Kier molecular flexibility index (Phi) is 5.76. The van der Waals surface area contributed by atoms with E-state index in [1.54, 1.807) is 13.8 Å². The fourth-order valence-corrected chi connectivity index (χ4v) is 3.83. The number of carbonyl (C=O) groups excluding carboxylic acids is 1. The number of benzene rings is 1. The summed E-state index contributed by atoms with van der Waals surface area (Å²) in [4.78, 5) is 18.9. The van der Waals surface area contributed by atoms with Crippen LogP contribution in [0.25, 0.3) is 5.69 Å². The largest absolute Gasteiger partial charge is 0.436 e. The number of nitrogens with zero attached hydrogens (tertiary/aromatic N) is 4. The Morgan fingerprint density at radius 2 is 1.97 bits per heavy atom. The van der Waals surface area contributed by atoms with Crippen molar-refractivity contribution in [3.8, 4) is 5.69 Å². The molecule has 152 valence electrons. The van der Waals surface area contributed by atoms with Crippen molar-refractivity contribution in [2.75, 3.05) is 19.6 Å². The fraction of sp³-hybridized carbons (Fsp3) is 0.409. The minimum absolute atomic E-state index is 0.168. The number of para-hydroxylation sites is 1. The monoisotopic (exact) mass is 393 g/mol. The van der Waals surface area contributed by atoms with Crippen LogP contribution in [0.1, 0.15) is 40.5 Å². The third kappa shape index (κ3) is 4.74. The number of aromatic nitrogens is 3. The number of oxazole rings is 1. The van der Waals surface area contributed by atoms with Gasteiger partial charge in [-0.2, -0.15) is 5.10 Å². The molecule has 4 rings (SSSR count). The van der Waals surface area contributed by atoms with Gasteiger partial charge in [0.1, 0.15) is 0 Å². The lowest BCUT2D eigenvalue weighted by Crippen LogP contribution is -2.38. The van der Waals surface area contributed by atoms with Gasteiger partial charge in [-0.25, -0.2) is 9.67 Å². The maximum absolute atomic E-state index is 12.3. The summed E-state index contributed by atoms with van der Waals surface area (Å²) in [7, 11) is 0. The van der Waals surface area contributed by atoms with Crippen molar-refractivity contribution in [2.45, 2.75) is 33.2 Å². The summed E-state index contributed by atoms with van der Waals surface area (Å²) in [5.74, 6) is 1.18. The third-order valence-electron chi connectivity index (χ3n) is 5.43. The molecule has 29 heavy (non-hydrogen) atoms. The molecule has 1 saturated heterocycles. The average molecular weight is 393 g/mol. The van der Waals surface area contributed by atoms with Crippen LogP contribution in [0, 0.1) is 19.8 Å². The fourth-order valence-electron chi connectivity index (χ4n) is 3.83. The predicted octanol–water partition coefficient (Wildman–Crippen LogP) is 3.12. The summed E-state index contributed by atoms with van der Waals surface area (Å²) in [6, 6.07) is 10.2. The summed E-state index contributed by atoms with van der Waals surface area (Å²) >= 11 is 0. The minimum atomic E-state index is -0.168. The Labute approximate surface area is 170 Å². The Bertz CT molecular complexity index is 955. The van der Waals surface area contributed by atoms with Gasteiger partial charge in [-0.15, -0.1) is 0 Å². The van der Waals surface area contributed by atoms with E-state index in [4.69, 9.17) is 4.42 Å². The first-order valence-corrected chi connectivity index (χ1v) is 10.1. The second-order valence-electron chi connectivity index (χ2n) is 7.71. The van der Waals surface area contributed by atoms with Gasteiger partial charge in [-0.3, -0.25) is 9.69 Å². The van der Waals surface area contributed by atoms with Gasteiger partial charge in [-0.1, -0.05) is 18.2 Å². The zero-order valence-corrected chi connectivity index (χ0v) is 17.0. The van der Waals surface area contributed by atoms with Gasteiger partial charge in [0.2, 0.25) is 5.76 Å². The quantitative estimate of drug-likeness (QED) is 0.696. The lowest BCUT2D eigenvalue weighted by atomic mass is 9.96.